The second-order valence-corrected chi connectivity index (χ2v) is 7.89. The fourth-order valence-corrected chi connectivity index (χ4v) is 3.30. The summed E-state index contributed by atoms with van der Waals surface area (Å²) < 4.78 is 49.0. The lowest BCUT2D eigenvalue weighted by Gasteiger charge is -2.17. The molecule has 0 saturated heterocycles. The molecule has 0 fully saturated rings. The average molecular weight is 382 g/mol. The summed E-state index contributed by atoms with van der Waals surface area (Å²) in [6, 6.07) is 13.0. The second-order valence-electron chi connectivity index (χ2n) is 6.01. The van der Waals surface area contributed by atoms with Crippen LogP contribution in [0.1, 0.15) is 11.1 Å². The molecule has 0 aliphatic heterocycles. The van der Waals surface area contributed by atoms with Gasteiger partial charge in [-0.05, 0) is 31.7 Å². The van der Waals surface area contributed by atoms with Gasteiger partial charge in [0.1, 0.15) is 0 Å². The number of hydrogen-bond donors (Lipinski definition) is 1. The molecular weight excluding hydrogens is 362 g/mol. The predicted molar refractivity (Wildman–Crippen MR) is 95.8 cm³/mol. The average Bonchev–Trinajstić information content (AvgIpc) is 2.57. The molecule has 0 radical (unpaired) electrons. The number of sulfone groups is 1. The topological polar surface area (TPSA) is 66.5 Å². The first kappa shape index (κ1) is 20.0. The van der Waals surface area contributed by atoms with Gasteiger partial charge in [0.25, 0.3) is 0 Å². The third kappa shape index (κ3) is 5.09. The Morgan fingerprint density at radius 2 is 1.73 bits per heavy atom. The van der Waals surface area contributed by atoms with E-state index in [1.165, 1.54) is 18.2 Å². The summed E-state index contributed by atoms with van der Waals surface area (Å²) in [6.07, 6.45) is 0. The summed E-state index contributed by atoms with van der Waals surface area (Å²) in [5.41, 5.74) is 2.00. The maximum Gasteiger partial charge on any atom is 0.341 e. The highest BCUT2D eigenvalue weighted by Gasteiger charge is 2.29. The van der Waals surface area contributed by atoms with Crippen LogP contribution in [0.2, 0.25) is 0 Å². The van der Waals surface area contributed by atoms with E-state index in [2.05, 4.69) is 5.32 Å². The van der Waals surface area contributed by atoms with Crippen molar-refractivity contribution in [3.05, 3.63) is 59.7 Å². The van der Waals surface area contributed by atoms with Crippen molar-refractivity contribution in [1.82, 2.24) is 4.90 Å². The van der Waals surface area contributed by atoms with E-state index >= 15 is 0 Å². The summed E-state index contributed by atoms with van der Waals surface area (Å²) in [5, 5.41) is 2.40. The van der Waals surface area contributed by atoms with Crippen molar-refractivity contribution >= 4 is 21.4 Å². The second kappa shape index (κ2) is 8.37. The molecule has 0 bridgehead atoms. The minimum absolute atomic E-state index is 0.0169. The van der Waals surface area contributed by atoms with Crippen LogP contribution in [0.4, 0.5) is 14.5 Å². The molecule has 2 rings (SSSR count). The Bertz CT molecular complexity index is 868. The van der Waals surface area contributed by atoms with Crippen molar-refractivity contribution in [2.75, 3.05) is 18.9 Å². The molecule has 1 amide bonds. The molecule has 0 atom stereocenters. The lowest BCUT2D eigenvalue weighted by molar-refractivity contribution is -0.117. The van der Waals surface area contributed by atoms with E-state index in [1.54, 1.807) is 11.9 Å². The molecule has 0 aromatic heterocycles. The summed E-state index contributed by atoms with van der Waals surface area (Å²) in [5.74, 6) is -4.04. The number of carbonyl (C=O) groups excluding carboxylic acids is 1. The fraction of sp³-hybridized carbons (Fsp3) is 0.278. The normalized spacial score (nSPS) is 11.8. The van der Waals surface area contributed by atoms with Gasteiger partial charge in [0.2, 0.25) is 15.7 Å². The first-order chi connectivity index (χ1) is 12.2. The number of carbonyl (C=O) groups is 1. The molecule has 0 aliphatic carbocycles. The molecule has 8 heteroatoms. The van der Waals surface area contributed by atoms with E-state index in [1.807, 2.05) is 31.2 Å². The minimum Gasteiger partial charge on any atom is -0.324 e. The number of likely N-dealkylation sites (N-methyl/N-ethyl adjacent to an activating group) is 1. The number of para-hydroxylation sites is 1. The lowest BCUT2D eigenvalue weighted by Crippen LogP contribution is -2.30. The van der Waals surface area contributed by atoms with Crippen molar-refractivity contribution in [2.24, 2.45) is 0 Å². The smallest absolute Gasteiger partial charge is 0.324 e. The van der Waals surface area contributed by atoms with Gasteiger partial charge in [0.15, 0.2) is 0 Å². The zero-order chi connectivity index (χ0) is 19.3. The van der Waals surface area contributed by atoms with E-state index in [4.69, 9.17) is 0 Å². The molecule has 2 aromatic rings. The Morgan fingerprint density at radius 1 is 1.12 bits per heavy atom. The molecule has 0 heterocycles. The van der Waals surface area contributed by atoms with Gasteiger partial charge in [-0.15, -0.1) is 0 Å². The summed E-state index contributed by atoms with van der Waals surface area (Å²) in [4.78, 5) is 13.3. The largest absolute Gasteiger partial charge is 0.341 e. The zero-order valence-corrected chi connectivity index (χ0v) is 15.3. The summed E-state index contributed by atoms with van der Waals surface area (Å²) in [7, 11) is -3.06. The summed E-state index contributed by atoms with van der Waals surface area (Å²) in [6.45, 7) is 2.48. The molecule has 1 N–H and O–H groups in total. The number of nitrogens with one attached hydrogen (secondary N) is 1. The molecule has 5 nitrogen and oxygen atoms in total. The van der Waals surface area contributed by atoms with Crippen LogP contribution in [0, 0.1) is 6.92 Å². The Hall–Kier alpha value is -2.32. The maximum atomic E-state index is 12.8. The van der Waals surface area contributed by atoms with Gasteiger partial charge in [0, 0.05) is 6.54 Å². The van der Waals surface area contributed by atoms with Crippen molar-refractivity contribution in [1.29, 1.82) is 0 Å². The number of nitrogens with zero attached hydrogens (tertiary/aromatic N) is 1. The molecule has 0 unspecified atom stereocenters. The number of benzene rings is 2. The highest BCUT2D eigenvalue weighted by Crippen LogP contribution is 2.26. The van der Waals surface area contributed by atoms with E-state index in [-0.39, 0.29) is 12.2 Å². The van der Waals surface area contributed by atoms with Crippen molar-refractivity contribution in [3.8, 4) is 0 Å². The van der Waals surface area contributed by atoms with E-state index < -0.39 is 26.4 Å². The zero-order valence-electron chi connectivity index (χ0n) is 14.4. The Morgan fingerprint density at radius 3 is 2.35 bits per heavy atom. The molecule has 0 spiro atoms. The number of hydrogen-bond acceptors (Lipinski definition) is 4. The van der Waals surface area contributed by atoms with Gasteiger partial charge >= 0.3 is 5.76 Å². The van der Waals surface area contributed by atoms with Gasteiger partial charge in [-0.25, -0.2) is 8.42 Å². The first-order valence-corrected chi connectivity index (χ1v) is 9.40. The molecule has 26 heavy (non-hydrogen) atoms. The Balaban J connectivity index is 2.05. The fourth-order valence-electron chi connectivity index (χ4n) is 2.41. The van der Waals surface area contributed by atoms with Gasteiger partial charge in [-0.3, -0.25) is 9.69 Å². The van der Waals surface area contributed by atoms with Crippen molar-refractivity contribution in [3.63, 3.8) is 0 Å². The monoisotopic (exact) mass is 382 g/mol. The number of alkyl halides is 2. The maximum absolute atomic E-state index is 12.8. The van der Waals surface area contributed by atoms with Crippen LogP contribution in [-0.4, -0.2) is 38.6 Å². The Kier molecular flexibility index (Phi) is 6.44. The highest BCUT2D eigenvalue weighted by molar-refractivity contribution is 7.91. The van der Waals surface area contributed by atoms with Gasteiger partial charge in [-0.2, -0.15) is 8.78 Å². The number of halogens is 2. The van der Waals surface area contributed by atoms with Crippen LogP contribution in [-0.2, 0) is 21.2 Å². The van der Waals surface area contributed by atoms with Gasteiger partial charge in [0.05, 0.1) is 17.1 Å². The van der Waals surface area contributed by atoms with Gasteiger partial charge in [-0.1, -0.05) is 42.0 Å². The number of aryl methyl sites for hydroxylation is 1. The third-order valence-electron chi connectivity index (χ3n) is 3.69. The number of amides is 1. The van der Waals surface area contributed by atoms with Crippen LogP contribution in [0.3, 0.4) is 0 Å². The predicted octanol–water partition coefficient (Wildman–Crippen LogP) is 3.06. The van der Waals surface area contributed by atoms with Crippen LogP contribution in [0.15, 0.2) is 53.4 Å². The minimum atomic E-state index is -4.80. The van der Waals surface area contributed by atoms with Crippen molar-refractivity contribution < 1.29 is 22.0 Å². The molecule has 2 aromatic carbocycles. The van der Waals surface area contributed by atoms with Crippen LogP contribution in [0.25, 0.3) is 0 Å². The number of anilines is 1. The number of rotatable bonds is 7. The lowest BCUT2D eigenvalue weighted by atomic mass is 10.1. The molecule has 0 aliphatic rings. The molecule has 140 valence electrons. The third-order valence-corrected chi connectivity index (χ3v) is 5.13. The van der Waals surface area contributed by atoms with Gasteiger partial charge < -0.3 is 5.32 Å². The Labute approximate surface area is 151 Å². The van der Waals surface area contributed by atoms with E-state index in [9.17, 15) is 22.0 Å². The highest BCUT2D eigenvalue weighted by atomic mass is 32.2. The van der Waals surface area contributed by atoms with Crippen molar-refractivity contribution in [2.45, 2.75) is 24.1 Å². The summed E-state index contributed by atoms with van der Waals surface area (Å²) >= 11 is 0. The molecule has 0 saturated carbocycles. The van der Waals surface area contributed by atoms with E-state index in [0.29, 0.717) is 6.54 Å². The van der Waals surface area contributed by atoms with E-state index in [0.717, 1.165) is 17.2 Å². The van der Waals surface area contributed by atoms with Crippen LogP contribution < -0.4 is 5.32 Å². The SMILES string of the molecule is Cc1ccc(CN(C)CC(=O)Nc2ccccc2S(=O)(=O)C(F)F)cc1. The van der Waals surface area contributed by atoms with Crippen LogP contribution in [0.5, 0.6) is 0 Å². The standard InChI is InChI=1S/C18H20F2N2O3S/c1-13-7-9-14(10-8-13)11-22(2)12-17(23)21-15-5-3-4-6-16(15)26(24,25)18(19)20/h3-10,18H,11-12H2,1-2H3,(H,21,23). The van der Waals surface area contributed by atoms with Crippen LogP contribution >= 0.6 is 0 Å². The first-order valence-electron chi connectivity index (χ1n) is 7.85. The quantitative estimate of drug-likeness (QED) is 0.799. The molecular formula is C18H20F2N2O3S.